The van der Waals surface area contributed by atoms with Crippen molar-refractivity contribution in [1.82, 2.24) is 20.9 Å². The van der Waals surface area contributed by atoms with Gasteiger partial charge in [-0.3, -0.25) is 9.59 Å². The number of thiocarbonyl (C=S) groups is 1. The first-order chi connectivity index (χ1) is 17.9. The summed E-state index contributed by atoms with van der Waals surface area (Å²) >= 11 is 6.49. The van der Waals surface area contributed by atoms with Gasteiger partial charge < -0.3 is 26.0 Å². The van der Waals surface area contributed by atoms with Crippen LogP contribution in [0, 0.1) is 5.82 Å². The number of carbonyl (C=O) groups is 2. The molecule has 0 fully saturated rings. The number of fused-ring (bicyclic) bond motifs is 1. The van der Waals surface area contributed by atoms with Gasteiger partial charge in [-0.25, -0.2) is 9.37 Å². The Morgan fingerprint density at radius 2 is 1.86 bits per heavy atom. The number of benzene rings is 2. The highest BCUT2D eigenvalue weighted by Crippen LogP contribution is 2.30. The summed E-state index contributed by atoms with van der Waals surface area (Å²) in [4.78, 5) is 29.4. The van der Waals surface area contributed by atoms with E-state index in [2.05, 4.69) is 26.3 Å². The van der Waals surface area contributed by atoms with Crippen molar-refractivity contribution in [2.24, 2.45) is 0 Å². The van der Waals surface area contributed by atoms with Crippen LogP contribution < -0.4 is 26.0 Å². The van der Waals surface area contributed by atoms with Gasteiger partial charge in [0.1, 0.15) is 0 Å². The van der Waals surface area contributed by atoms with Crippen LogP contribution in [0.25, 0.3) is 10.2 Å². The van der Waals surface area contributed by atoms with Crippen LogP contribution >= 0.6 is 23.6 Å². The van der Waals surface area contributed by atoms with Gasteiger partial charge in [-0.1, -0.05) is 30.3 Å². The van der Waals surface area contributed by atoms with Crippen LogP contribution in [-0.2, 0) is 11.2 Å². The second-order valence-electron chi connectivity index (χ2n) is 7.91. The van der Waals surface area contributed by atoms with Crippen LogP contribution in [0.3, 0.4) is 0 Å². The summed E-state index contributed by atoms with van der Waals surface area (Å²) in [6.45, 7) is 1.18. The highest BCUT2D eigenvalue weighted by atomic mass is 32.1. The molecule has 2 aromatic carbocycles. The zero-order chi connectivity index (χ0) is 26.2. The van der Waals surface area contributed by atoms with E-state index in [1.807, 2.05) is 37.4 Å². The van der Waals surface area contributed by atoms with Crippen LogP contribution in [-0.4, -0.2) is 42.0 Å². The standard InChI is InChI=1S/C26H24FN5O3S2/c1-28-11-12-29-25(34)22-15-19-21(37-22)9-10-24(31-19)35-20-8-7-17(14-18(20)27)30-26(36)32-23(33)13-16-5-3-2-4-6-16/h2-10,14-15,28H,11-13H2,1H3,(H,29,34)(H2,30,32,33,36). The number of pyridine rings is 1. The van der Waals surface area contributed by atoms with Crippen molar-refractivity contribution in [2.75, 3.05) is 25.5 Å². The Labute approximate surface area is 222 Å². The molecule has 2 heterocycles. The monoisotopic (exact) mass is 537 g/mol. The quantitative estimate of drug-likeness (QED) is 0.187. The van der Waals surface area contributed by atoms with Gasteiger partial charge in [-0.2, -0.15) is 0 Å². The molecule has 0 bridgehead atoms. The van der Waals surface area contributed by atoms with Gasteiger partial charge in [0.2, 0.25) is 11.8 Å². The van der Waals surface area contributed by atoms with E-state index in [0.717, 1.165) is 10.3 Å². The Kier molecular flexibility index (Phi) is 8.72. The second-order valence-corrected chi connectivity index (χ2v) is 9.41. The smallest absolute Gasteiger partial charge is 0.261 e. The van der Waals surface area contributed by atoms with Crippen molar-refractivity contribution in [3.05, 3.63) is 83.0 Å². The molecule has 4 aromatic rings. The molecule has 0 aliphatic rings. The van der Waals surface area contributed by atoms with Crippen molar-refractivity contribution in [2.45, 2.75) is 6.42 Å². The number of carbonyl (C=O) groups excluding carboxylic acids is 2. The zero-order valence-electron chi connectivity index (χ0n) is 19.8. The SMILES string of the molecule is CNCCNC(=O)c1cc2nc(Oc3ccc(NC(=S)NC(=O)Cc4ccccc4)cc3F)ccc2s1. The van der Waals surface area contributed by atoms with Crippen LogP contribution in [0.4, 0.5) is 10.1 Å². The maximum absolute atomic E-state index is 14.7. The summed E-state index contributed by atoms with van der Waals surface area (Å²) in [6.07, 6.45) is 0.174. The second kappa shape index (κ2) is 12.3. The number of aromatic nitrogens is 1. The molecule has 0 radical (unpaired) electrons. The predicted octanol–water partition coefficient (Wildman–Crippen LogP) is 4.23. The molecule has 0 saturated carbocycles. The number of rotatable bonds is 9. The molecule has 2 amide bonds. The lowest BCUT2D eigenvalue weighted by molar-refractivity contribution is -0.119. The normalized spacial score (nSPS) is 10.6. The van der Waals surface area contributed by atoms with Crippen LogP contribution in [0.15, 0.2) is 66.7 Å². The van der Waals surface area contributed by atoms with E-state index in [-0.39, 0.29) is 35.0 Å². The van der Waals surface area contributed by atoms with E-state index < -0.39 is 5.82 Å². The van der Waals surface area contributed by atoms with E-state index in [4.69, 9.17) is 17.0 Å². The summed E-state index contributed by atoms with van der Waals surface area (Å²) < 4.78 is 21.2. The lowest BCUT2D eigenvalue weighted by Gasteiger charge is -2.11. The molecule has 0 saturated heterocycles. The van der Waals surface area contributed by atoms with Gasteiger partial charge in [-0.05, 0) is 49.1 Å². The molecule has 0 aliphatic carbocycles. The molecule has 0 spiro atoms. The first-order valence-electron chi connectivity index (χ1n) is 11.4. The predicted molar refractivity (Wildman–Crippen MR) is 147 cm³/mol. The summed E-state index contributed by atoms with van der Waals surface area (Å²) in [7, 11) is 1.81. The highest BCUT2D eigenvalue weighted by molar-refractivity contribution is 7.80. The lowest BCUT2D eigenvalue weighted by Crippen LogP contribution is -2.35. The van der Waals surface area contributed by atoms with Gasteiger partial charge in [0.15, 0.2) is 16.7 Å². The average Bonchev–Trinajstić information content (AvgIpc) is 3.30. The van der Waals surface area contributed by atoms with Gasteiger partial charge in [0, 0.05) is 30.9 Å². The van der Waals surface area contributed by atoms with Crippen molar-refractivity contribution in [3.8, 4) is 11.6 Å². The molecule has 0 aliphatic heterocycles. The lowest BCUT2D eigenvalue weighted by atomic mass is 10.1. The fraction of sp³-hybridized carbons (Fsp3) is 0.154. The molecule has 4 rings (SSSR count). The maximum atomic E-state index is 14.7. The molecule has 8 nitrogen and oxygen atoms in total. The first kappa shape index (κ1) is 26.1. The third kappa shape index (κ3) is 7.29. The van der Waals surface area contributed by atoms with Gasteiger partial charge >= 0.3 is 0 Å². The molecule has 2 aromatic heterocycles. The van der Waals surface area contributed by atoms with Crippen molar-refractivity contribution in [3.63, 3.8) is 0 Å². The Morgan fingerprint density at radius 1 is 1.05 bits per heavy atom. The number of amides is 2. The van der Waals surface area contributed by atoms with Crippen LogP contribution in [0.5, 0.6) is 11.6 Å². The van der Waals surface area contributed by atoms with Gasteiger partial charge in [0.25, 0.3) is 5.91 Å². The number of ether oxygens (including phenoxy) is 1. The molecule has 0 unspecified atom stereocenters. The molecule has 11 heteroatoms. The highest BCUT2D eigenvalue weighted by Gasteiger charge is 2.13. The Balaban J connectivity index is 1.35. The Hall–Kier alpha value is -3.93. The number of hydrogen-bond donors (Lipinski definition) is 4. The number of halogens is 1. The van der Waals surface area contributed by atoms with E-state index in [1.165, 1.54) is 23.5 Å². The minimum Gasteiger partial charge on any atom is -0.436 e. The minimum absolute atomic E-state index is 0.0308. The summed E-state index contributed by atoms with van der Waals surface area (Å²) in [5, 5.41) is 11.2. The van der Waals surface area contributed by atoms with Gasteiger partial charge in [-0.15, -0.1) is 11.3 Å². The number of thiophene rings is 1. The number of nitrogens with zero attached hydrogens (tertiary/aromatic N) is 1. The number of likely N-dealkylation sites (N-methyl/N-ethyl adjacent to an activating group) is 1. The minimum atomic E-state index is -0.639. The van der Waals surface area contributed by atoms with Crippen LogP contribution in [0.1, 0.15) is 15.2 Å². The molecule has 190 valence electrons. The fourth-order valence-corrected chi connectivity index (χ4v) is 4.50. The topological polar surface area (TPSA) is 104 Å². The number of anilines is 1. The third-order valence-electron chi connectivity index (χ3n) is 5.10. The van der Waals surface area contributed by atoms with Crippen molar-refractivity contribution >= 4 is 56.4 Å². The largest absolute Gasteiger partial charge is 0.436 e. The van der Waals surface area contributed by atoms with Gasteiger partial charge in [0.05, 0.1) is 21.5 Å². The first-order valence-corrected chi connectivity index (χ1v) is 12.6. The summed E-state index contributed by atoms with van der Waals surface area (Å²) in [6, 6.07) is 18.6. The van der Waals surface area contributed by atoms with Crippen LogP contribution in [0.2, 0.25) is 0 Å². The Morgan fingerprint density at radius 3 is 2.62 bits per heavy atom. The van der Waals surface area contributed by atoms with E-state index in [1.54, 1.807) is 24.3 Å². The summed E-state index contributed by atoms with van der Waals surface area (Å²) in [5.41, 5.74) is 1.79. The Bertz CT molecular complexity index is 1430. The molecule has 4 N–H and O–H groups in total. The number of nitrogens with one attached hydrogen (secondary N) is 4. The zero-order valence-corrected chi connectivity index (χ0v) is 21.5. The number of hydrogen-bond acceptors (Lipinski definition) is 7. The molecular weight excluding hydrogens is 513 g/mol. The molecular formula is C26H24FN5O3S2. The maximum Gasteiger partial charge on any atom is 0.261 e. The van der Waals surface area contributed by atoms with E-state index >= 15 is 0 Å². The molecule has 0 atom stereocenters. The fourth-order valence-electron chi connectivity index (χ4n) is 3.35. The van der Waals surface area contributed by atoms with Crippen molar-refractivity contribution in [1.29, 1.82) is 0 Å². The van der Waals surface area contributed by atoms with E-state index in [0.29, 0.717) is 29.2 Å². The molecule has 37 heavy (non-hydrogen) atoms. The summed E-state index contributed by atoms with van der Waals surface area (Å²) in [5.74, 6) is -0.936. The third-order valence-corrected chi connectivity index (χ3v) is 6.39. The average molecular weight is 538 g/mol. The van der Waals surface area contributed by atoms with Crippen molar-refractivity contribution < 1.29 is 18.7 Å². The van der Waals surface area contributed by atoms with E-state index in [9.17, 15) is 14.0 Å².